The molecule has 0 aliphatic carbocycles. The highest BCUT2D eigenvalue weighted by Gasteiger charge is 2.12. The average molecular weight is 323 g/mol. The molecule has 6 heteroatoms. The zero-order valence-electron chi connectivity index (χ0n) is 13.4. The van der Waals surface area contributed by atoms with Crippen LogP contribution in [0.25, 0.3) is 5.65 Å². The maximum Gasteiger partial charge on any atom is 0.338 e. The van der Waals surface area contributed by atoms with Crippen molar-refractivity contribution < 1.29 is 14.3 Å². The summed E-state index contributed by atoms with van der Waals surface area (Å²) >= 11 is 0. The summed E-state index contributed by atoms with van der Waals surface area (Å²) in [5.74, 6) is -0.687. The largest absolute Gasteiger partial charge is 0.462 e. The van der Waals surface area contributed by atoms with E-state index in [2.05, 4.69) is 10.3 Å². The van der Waals surface area contributed by atoms with Crippen LogP contribution < -0.4 is 5.32 Å². The Morgan fingerprint density at radius 1 is 1.17 bits per heavy atom. The minimum Gasteiger partial charge on any atom is -0.462 e. The van der Waals surface area contributed by atoms with E-state index in [1.807, 2.05) is 29.5 Å². The molecule has 0 spiro atoms. The van der Waals surface area contributed by atoms with Gasteiger partial charge in [0.15, 0.2) is 0 Å². The van der Waals surface area contributed by atoms with Gasteiger partial charge in [0, 0.05) is 17.6 Å². The molecule has 0 unspecified atom stereocenters. The van der Waals surface area contributed by atoms with Crippen molar-refractivity contribution in [3.63, 3.8) is 0 Å². The predicted octanol–water partition coefficient (Wildman–Crippen LogP) is 3.07. The summed E-state index contributed by atoms with van der Waals surface area (Å²) in [6, 6.07) is 12.2. The number of nitrogens with one attached hydrogen (secondary N) is 1. The summed E-state index contributed by atoms with van der Waals surface area (Å²) in [6.45, 7) is 4.03. The zero-order valence-corrected chi connectivity index (χ0v) is 13.4. The second-order valence-corrected chi connectivity index (χ2v) is 5.27. The van der Waals surface area contributed by atoms with E-state index in [1.54, 1.807) is 37.4 Å². The van der Waals surface area contributed by atoms with Crippen molar-refractivity contribution in [3.8, 4) is 0 Å². The minimum atomic E-state index is -0.383. The molecular formula is C18H17N3O3. The first kappa shape index (κ1) is 15.7. The van der Waals surface area contributed by atoms with E-state index in [4.69, 9.17) is 4.74 Å². The number of aromatic nitrogens is 2. The van der Waals surface area contributed by atoms with Crippen molar-refractivity contribution >= 4 is 23.2 Å². The standard InChI is InChI=1S/C18H17N3O3/c1-3-24-18(23)13-7-9-14(10-8-13)19-17(22)15-11-21-12(2)5-4-6-16(21)20-15/h4-11H,3H2,1-2H3,(H,19,22). The molecule has 3 rings (SSSR count). The summed E-state index contributed by atoms with van der Waals surface area (Å²) in [6.07, 6.45) is 1.70. The van der Waals surface area contributed by atoms with E-state index < -0.39 is 0 Å². The SMILES string of the molecule is CCOC(=O)c1ccc(NC(=O)c2cn3c(C)cccc3n2)cc1. The lowest BCUT2D eigenvalue weighted by atomic mass is 10.2. The molecule has 0 saturated heterocycles. The van der Waals surface area contributed by atoms with Gasteiger partial charge in [-0.25, -0.2) is 9.78 Å². The van der Waals surface area contributed by atoms with Crippen LogP contribution in [0.15, 0.2) is 48.7 Å². The maximum atomic E-state index is 12.3. The first-order valence-corrected chi connectivity index (χ1v) is 7.61. The summed E-state index contributed by atoms with van der Waals surface area (Å²) in [4.78, 5) is 28.3. The third-order valence-electron chi connectivity index (χ3n) is 3.58. The number of aryl methyl sites for hydroxylation is 1. The van der Waals surface area contributed by atoms with Crippen LogP contribution in [0.2, 0.25) is 0 Å². The molecule has 0 saturated carbocycles. The van der Waals surface area contributed by atoms with Crippen molar-refractivity contribution in [2.45, 2.75) is 13.8 Å². The summed E-state index contributed by atoms with van der Waals surface area (Å²) < 4.78 is 6.78. The molecule has 1 aromatic carbocycles. The summed E-state index contributed by atoms with van der Waals surface area (Å²) in [7, 11) is 0. The lowest BCUT2D eigenvalue weighted by Gasteiger charge is -2.05. The third-order valence-corrected chi connectivity index (χ3v) is 3.58. The molecule has 3 aromatic rings. The molecule has 0 aliphatic heterocycles. The van der Waals surface area contributed by atoms with Crippen molar-refractivity contribution in [2.75, 3.05) is 11.9 Å². The highest BCUT2D eigenvalue weighted by Crippen LogP contribution is 2.13. The van der Waals surface area contributed by atoms with Gasteiger partial charge in [-0.1, -0.05) is 6.07 Å². The predicted molar refractivity (Wildman–Crippen MR) is 90.3 cm³/mol. The minimum absolute atomic E-state index is 0.304. The molecule has 0 atom stereocenters. The quantitative estimate of drug-likeness (QED) is 0.749. The van der Waals surface area contributed by atoms with Crippen LogP contribution >= 0.6 is 0 Å². The fourth-order valence-electron chi connectivity index (χ4n) is 2.36. The van der Waals surface area contributed by atoms with Gasteiger partial charge in [0.05, 0.1) is 12.2 Å². The van der Waals surface area contributed by atoms with Gasteiger partial charge in [-0.05, 0) is 50.2 Å². The number of hydrogen-bond donors (Lipinski definition) is 1. The van der Waals surface area contributed by atoms with Gasteiger partial charge in [-0.15, -0.1) is 0 Å². The van der Waals surface area contributed by atoms with Crippen LogP contribution in [-0.2, 0) is 4.74 Å². The molecule has 24 heavy (non-hydrogen) atoms. The highest BCUT2D eigenvalue weighted by atomic mass is 16.5. The average Bonchev–Trinajstić information content (AvgIpc) is 3.01. The Morgan fingerprint density at radius 2 is 1.92 bits per heavy atom. The second-order valence-electron chi connectivity index (χ2n) is 5.27. The van der Waals surface area contributed by atoms with Crippen LogP contribution in [0.3, 0.4) is 0 Å². The Bertz CT molecular complexity index is 898. The first-order chi connectivity index (χ1) is 11.6. The van der Waals surface area contributed by atoms with Gasteiger partial charge in [0.25, 0.3) is 5.91 Å². The van der Waals surface area contributed by atoms with Gasteiger partial charge in [0.2, 0.25) is 0 Å². The smallest absolute Gasteiger partial charge is 0.338 e. The Labute approximate surface area is 139 Å². The molecule has 1 N–H and O–H groups in total. The lowest BCUT2D eigenvalue weighted by molar-refractivity contribution is 0.0526. The van der Waals surface area contributed by atoms with E-state index in [1.165, 1.54) is 0 Å². The fourth-order valence-corrected chi connectivity index (χ4v) is 2.36. The van der Waals surface area contributed by atoms with E-state index in [0.717, 1.165) is 11.3 Å². The topological polar surface area (TPSA) is 72.7 Å². The molecule has 122 valence electrons. The molecule has 0 bridgehead atoms. The summed E-state index contributed by atoms with van der Waals surface area (Å²) in [5, 5.41) is 2.77. The second kappa shape index (κ2) is 6.54. The van der Waals surface area contributed by atoms with Gasteiger partial charge in [-0.2, -0.15) is 0 Å². The number of carbonyl (C=O) groups is 2. The monoisotopic (exact) mass is 323 g/mol. The van der Waals surface area contributed by atoms with Crippen LogP contribution in [0.1, 0.15) is 33.5 Å². The zero-order chi connectivity index (χ0) is 17.1. The van der Waals surface area contributed by atoms with E-state index in [0.29, 0.717) is 23.6 Å². The summed E-state index contributed by atoms with van der Waals surface area (Å²) in [5.41, 5.74) is 3.08. The molecule has 1 amide bonds. The van der Waals surface area contributed by atoms with E-state index in [9.17, 15) is 9.59 Å². The number of imidazole rings is 1. The molecule has 2 heterocycles. The van der Waals surface area contributed by atoms with Gasteiger partial charge in [0.1, 0.15) is 11.3 Å². The number of esters is 1. The van der Waals surface area contributed by atoms with Crippen molar-refractivity contribution in [1.82, 2.24) is 9.38 Å². The molecule has 0 aliphatic rings. The maximum absolute atomic E-state index is 12.3. The molecule has 0 radical (unpaired) electrons. The number of nitrogens with zero attached hydrogens (tertiary/aromatic N) is 2. The number of hydrogen-bond acceptors (Lipinski definition) is 4. The van der Waals surface area contributed by atoms with Crippen LogP contribution in [-0.4, -0.2) is 27.9 Å². The van der Waals surface area contributed by atoms with Gasteiger partial charge < -0.3 is 14.5 Å². The number of carbonyl (C=O) groups excluding carboxylic acids is 2. The number of fused-ring (bicyclic) bond motifs is 1. The number of amides is 1. The highest BCUT2D eigenvalue weighted by molar-refractivity contribution is 6.03. The molecule has 2 aromatic heterocycles. The Hall–Kier alpha value is -3.15. The third kappa shape index (κ3) is 3.12. The molecule has 0 fully saturated rings. The van der Waals surface area contributed by atoms with Crippen LogP contribution in [0, 0.1) is 6.92 Å². The normalized spacial score (nSPS) is 10.6. The van der Waals surface area contributed by atoms with Crippen LogP contribution in [0.4, 0.5) is 5.69 Å². The number of rotatable bonds is 4. The number of benzene rings is 1. The Kier molecular flexibility index (Phi) is 4.29. The van der Waals surface area contributed by atoms with Crippen molar-refractivity contribution in [2.24, 2.45) is 0 Å². The van der Waals surface area contributed by atoms with Gasteiger partial charge >= 0.3 is 5.97 Å². The Morgan fingerprint density at radius 3 is 2.58 bits per heavy atom. The number of ether oxygens (including phenoxy) is 1. The lowest BCUT2D eigenvalue weighted by Crippen LogP contribution is -2.12. The molecular weight excluding hydrogens is 306 g/mol. The fraction of sp³-hybridized carbons (Fsp3) is 0.167. The van der Waals surface area contributed by atoms with E-state index in [-0.39, 0.29) is 11.9 Å². The van der Waals surface area contributed by atoms with Crippen LogP contribution in [0.5, 0.6) is 0 Å². The van der Waals surface area contributed by atoms with Gasteiger partial charge in [-0.3, -0.25) is 4.79 Å². The Balaban J connectivity index is 1.76. The molecule has 6 nitrogen and oxygen atoms in total. The number of anilines is 1. The first-order valence-electron chi connectivity index (χ1n) is 7.61. The van der Waals surface area contributed by atoms with Crippen molar-refractivity contribution in [1.29, 1.82) is 0 Å². The number of pyridine rings is 1. The van der Waals surface area contributed by atoms with Crippen molar-refractivity contribution in [3.05, 3.63) is 65.6 Å². The van der Waals surface area contributed by atoms with E-state index >= 15 is 0 Å².